The molecule has 0 bridgehead atoms. The van der Waals surface area contributed by atoms with Crippen molar-refractivity contribution in [2.75, 3.05) is 0 Å². The maximum atomic E-state index is 13.6. The van der Waals surface area contributed by atoms with E-state index in [9.17, 15) is 9.18 Å². The minimum absolute atomic E-state index is 0.0591. The summed E-state index contributed by atoms with van der Waals surface area (Å²) in [6, 6.07) is 10.5. The Hall–Kier alpha value is -1.87. The number of nitrogens with one attached hydrogen (secondary N) is 1. The molecule has 0 heterocycles. The summed E-state index contributed by atoms with van der Waals surface area (Å²) in [6.45, 7) is 4.45. The number of carbonyl (C=O) groups is 1. The van der Waals surface area contributed by atoms with E-state index in [1.165, 1.54) is 17.7 Å². The van der Waals surface area contributed by atoms with Crippen LogP contribution in [0, 0.1) is 19.7 Å². The molecular formula is C17H17ClFNO. The zero-order chi connectivity index (χ0) is 15.4. The monoisotopic (exact) mass is 305 g/mol. The van der Waals surface area contributed by atoms with Crippen LogP contribution in [0.1, 0.15) is 22.3 Å². The fraction of sp³-hybridized carbons (Fsp3) is 0.235. The molecule has 2 rings (SSSR count). The molecule has 1 N–H and O–H groups in total. The smallest absolute Gasteiger partial charge is 0.224 e. The first-order chi connectivity index (χ1) is 9.97. The average molecular weight is 306 g/mol. The SMILES string of the molecule is Cc1ccc(CNC(=O)Cc2c(F)cccc2Cl)c(C)c1. The molecule has 0 spiro atoms. The van der Waals surface area contributed by atoms with Gasteiger partial charge in [-0.05, 0) is 37.1 Å². The number of benzene rings is 2. The molecule has 0 aliphatic heterocycles. The van der Waals surface area contributed by atoms with Crippen molar-refractivity contribution in [3.8, 4) is 0 Å². The van der Waals surface area contributed by atoms with Crippen molar-refractivity contribution >= 4 is 17.5 Å². The Balaban J connectivity index is 1.99. The van der Waals surface area contributed by atoms with Crippen LogP contribution in [0.15, 0.2) is 36.4 Å². The molecule has 1 amide bonds. The zero-order valence-electron chi connectivity index (χ0n) is 12.0. The van der Waals surface area contributed by atoms with Crippen LogP contribution in [0.3, 0.4) is 0 Å². The molecule has 110 valence electrons. The summed E-state index contributed by atoms with van der Waals surface area (Å²) in [5, 5.41) is 3.07. The van der Waals surface area contributed by atoms with E-state index in [-0.39, 0.29) is 22.9 Å². The molecular weight excluding hydrogens is 289 g/mol. The van der Waals surface area contributed by atoms with E-state index in [1.54, 1.807) is 6.07 Å². The molecule has 0 radical (unpaired) electrons. The van der Waals surface area contributed by atoms with Crippen molar-refractivity contribution in [2.24, 2.45) is 0 Å². The number of hydrogen-bond donors (Lipinski definition) is 1. The van der Waals surface area contributed by atoms with Gasteiger partial charge in [-0.15, -0.1) is 0 Å². The van der Waals surface area contributed by atoms with E-state index in [0.29, 0.717) is 6.54 Å². The maximum Gasteiger partial charge on any atom is 0.224 e. The Morgan fingerprint density at radius 2 is 2.00 bits per heavy atom. The van der Waals surface area contributed by atoms with Gasteiger partial charge in [-0.25, -0.2) is 4.39 Å². The summed E-state index contributed by atoms with van der Waals surface area (Å²) in [6.07, 6.45) is -0.0591. The van der Waals surface area contributed by atoms with Crippen molar-refractivity contribution < 1.29 is 9.18 Å². The van der Waals surface area contributed by atoms with Crippen LogP contribution < -0.4 is 5.32 Å². The molecule has 0 fully saturated rings. The molecule has 0 atom stereocenters. The lowest BCUT2D eigenvalue weighted by Gasteiger charge is -2.10. The Kier molecular flexibility index (Phi) is 4.97. The number of halogens is 2. The zero-order valence-corrected chi connectivity index (χ0v) is 12.8. The van der Waals surface area contributed by atoms with Gasteiger partial charge in [-0.3, -0.25) is 4.79 Å². The molecule has 0 aliphatic rings. The molecule has 0 aromatic heterocycles. The Morgan fingerprint density at radius 3 is 2.67 bits per heavy atom. The highest BCUT2D eigenvalue weighted by Crippen LogP contribution is 2.19. The summed E-state index contributed by atoms with van der Waals surface area (Å²) in [5.41, 5.74) is 3.59. The van der Waals surface area contributed by atoms with Gasteiger partial charge in [0.2, 0.25) is 5.91 Å². The Bertz CT molecular complexity index is 650. The summed E-state index contributed by atoms with van der Waals surface area (Å²) in [7, 11) is 0. The largest absolute Gasteiger partial charge is 0.352 e. The van der Waals surface area contributed by atoms with Gasteiger partial charge in [-0.1, -0.05) is 41.4 Å². The highest BCUT2D eigenvalue weighted by Gasteiger charge is 2.11. The molecule has 2 aromatic rings. The Labute approximate surface area is 128 Å². The molecule has 21 heavy (non-hydrogen) atoms. The van der Waals surface area contributed by atoms with Crippen LogP contribution in [0.4, 0.5) is 4.39 Å². The van der Waals surface area contributed by atoms with Crippen LogP contribution >= 0.6 is 11.6 Å². The first-order valence-corrected chi connectivity index (χ1v) is 7.11. The van der Waals surface area contributed by atoms with Gasteiger partial charge in [0.15, 0.2) is 0 Å². The second kappa shape index (κ2) is 6.72. The van der Waals surface area contributed by atoms with Crippen molar-refractivity contribution in [3.63, 3.8) is 0 Å². The standard InChI is InChI=1S/C17H17ClFNO/c1-11-6-7-13(12(2)8-11)10-20-17(21)9-14-15(18)4-3-5-16(14)19/h3-8H,9-10H2,1-2H3,(H,20,21). The van der Waals surface area contributed by atoms with E-state index in [2.05, 4.69) is 11.4 Å². The van der Waals surface area contributed by atoms with E-state index in [0.717, 1.165) is 11.1 Å². The van der Waals surface area contributed by atoms with Crippen molar-refractivity contribution in [1.82, 2.24) is 5.32 Å². The molecule has 4 heteroatoms. The third-order valence-corrected chi connectivity index (χ3v) is 3.73. The van der Waals surface area contributed by atoms with E-state index in [4.69, 9.17) is 11.6 Å². The fourth-order valence-electron chi connectivity index (χ4n) is 2.16. The third-order valence-electron chi connectivity index (χ3n) is 3.37. The summed E-state index contributed by atoms with van der Waals surface area (Å²) >= 11 is 5.91. The topological polar surface area (TPSA) is 29.1 Å². The molecule has 2 aromatic carbocycles. The molecule has 0 aliphatic carbocycles. The number of rotatable bonds is 4. The quantitative estimate of drug-likeness (QED) is 0.910. The number of hydrogen-bond acceptors (Lipinski definition) is 1. The predicted molar refractivity (Wildman–Crippen MR) is 82.9 cm³/mol. The molecule has 0 saturated carbocycles. The van der Waals surface area contributed by atoms with Crippen LogP contribution in [-0.4, -0.2) is 5.91 Å². The number of aryl methyl sites for hydroxylation is 2. The predicted octanol–water partition coefficient (Wildman–Crippen LogP) is 3.95. The van der Waals surface area contributed by atoms with Gasteiger partial charge >= 0.3 is 0 Å². The summed E-state index contributed by atoms with van der Waals surface area (Å²) in [5.74, 6) is -0.703. The lowest BCUT2D eigenvalue weighted by Crippen LogP contribution is -2.25. The van der Waals surface area contributed by atoms with Crippen molar-refractivity contribution in [2.45, 2.75) is 26.8 Å². The van der Waals surface area contributed by atoms with Gasteiger partial charge in [0.05, 0.1) is 6.42 Å². The second-order valence-corrected chi connectivity index (χ2v) is 5.49. The lowest BCUT2D eigenvalue weighted by atomic mass is 10.1. The highest BCUT2D eigenvalue weighted by atomic mass is 35.5. The van der Waals surface area contributed by atoms with Crippen molar-refractivity contribution in [3.05, 3.63) is 69.5 Å². The minimum atomic E-state index is -0.454. The van der Waals surface area contributed by atoms with Crippen LogP contribution in [0.2, 0.25) is 5.02 Å². The fourth-order valence-corrected chi connectivity index (χ4v) is 2.39. The second-order valence-electron chi connectivity index (χ2n) is 5.08. The number of carbonyl (C=O) groups excluding carboxylic acids is 1. The van der Waals surface area contributed by atoms with E-state index >= 15 is 0 Å². The average Bonchev–Trinajstić information content (AvgIpc) is 2.42. The first-order valence-electron chi connectivity index (χ1n) is 6.73. The van der Waals surface area contributed by atoms with E-state index in [1.807, 2.05) is 26.0 Å². The van der Waals surface area contributed by atoms with Gasteiger partial charge in [0.1, 0.15) is 5.82 Å². The lowest BCUT2D eigenvalue weighted by molar-refractivity contribution is -0.120. The number of amides is 1. The first kappa shape index (κ1) is 15.5. The van der Waals surface area contributed by atoms with Gasteiger partial charge in [0.25, 0.3) is 0 Å². The van der Waals surface area contributed by atoms with Crippen molar-refractivity contribution in [1.29, 1.82) is 0 Å². The Morgan fingerprint density at radius 1 is 1.24 bits per heavy atom. The van der Waals surface area contributed by atoms with Gasteiger partial charge in [0, 0.05) is 17.1 Å². The maximum absolute atomic E-state index is 13.6. The normalized spacial score (nSPS) is 10.5. The van der Waals surface area contributed by atoms with Crippen LogP contribution in [-0.2, 0) is 17.8 Å². The van der Waals surface area contributed by atoms with Gasteiger partial charge in [-0.2, -0.15) is 0 Å². The third kappa shape index (κ3) is 4.05. The van der Waals surface area contributed by atoms with E-state index < -0.39 is 5.82 Å². The minimum Gasteiger partial charge on any atom is -0.352 e. The summed E-state index contributed by atoms with van der Waals surface area (Å²) < 4.78 is 13.6. The van der Waals surface area contributed by atoms with Crippen LogP contribution in [0.25, 0.3) is 0 Å². The molecule has 2 nitrogen and oxygen atoms in total. The molecule has 0 saturated heterocycles. The highest BCUT2D eigenvalue weighted by molar-refractivity contribution is 6.31. The molecule has 0 unspecified atom stereocenters. The summed E-state index contributed by atoms with van der Waals surface area (Å²) in [4.78, 5) is 11.9. The van der Waals surface area contributed by atoms with Gasteiger partial charge < -0.3 is 5.32 Å². The van der Waals surface area contributed by atoms with Crippen LogP contribution in [0.5, 0.6) is 0 Å².